The third-order valence-electron chi connectivity index (χ3n) is 22.7. The van der Waals surface area contributed by atoms with Gasteiger partial charge < -0.3 is 36.4 Å². The van der Waals surface area contributed by atoms with E-state index in [0.717, 1.165) is 77.8 Å². The first kappa shape index (κ1) is 66.5. The van der Waals surface area contributed by atoms with Crippen LogP contribution in [0.5, 0.6) is 0 Å². The Labute approximate surface area is 648 Å². The van der Waals surface area contributed by atoms with Crippen molar-refractivity contribution in [2.24, 2.45) is 0 Å². The molecule has 14 heteroatoms. The van der Waals surface area contributed by atoms with Crippen LogP contribution in [0.15, 0.2) is 349 Å². The topological polar surface area (TPSA) is 116 Å². The van der Waals surface area contributed by atoms with Gasteiger partial charge in [-0.1, -0.05) is 206 Å². The summed E-state index contributed by atoms with van der Waals surface area (Å²) in [6.07, 6.45) is 3.07. The van der Waals surface area contributed by atoms with Crippen LogP contribution in [0.1, 0.15) is 27.7 Å². The number of hydrogen-bond acceptors (Lipinski definition) is 8. The number of furan rings is 2. The van der Waals surface area contributed by atoms with E-state index in [1.165, 1.54) is 110 Å². The summed E-state index contributed by atoms with van der Waals surface area (Å²) in [5.41, 5.74) is 25.0. The Morgan fingerprint density at radius 1 is 0.277 bits per heavy atom. The number of hydrogen-bond donors (Lipinski definition) is 0. The Balaban J connectivity index is 0.000000121. The molecule has 0 atom stereocenters. The number of benzene rings is 14. The molecule has 22 aromatic rings. The molecule has 0 N–H and O–H groups in total. The fourth-order valence-corrected chi connectivity index (χ4v) is 16.9. The van der Waals surface area contributed by atoms with Gasteiger partial charge in [-0.3, -0.25) is 0 Å². The third kappa shape index (κ3) is 10.9. The molecule has 112 heavy (non-hydrogen) atoms. The molecule has 12 nitrogen and oxygen atoms in total. The van der Waals surface area contributed by atoms with Crippen LogP contribution >= 0.6 is 11.6 Å². The van der Waals surface area contributed by atoms with Gasteiger partial charge in [-0.25, -0.2) is 19.9 Å². The lowest BCUT2D eigenvalue weighted by atomic mass is 9.79. The van der Waals surface area contributed by atoms with E-state index in [1.54, 1.807) is 6.33 Å². The molecular formula is C98H68BClN8O4. The van der Waals surface area contributed by atoms with Crippen molar-refractivity contribution in [3.05, 3.63) is 345 Å². The predicted molar refractivity (Wildman–Crippen MR) is 459 cm³/mol. The molecule has 23 rings (SSSR count). The smallest absolute Gasteiger partial charge is 0.452 e. The van der Waals surface area contributed by atoms with E-state index in [0.29, 0.717) is 16.3 Å². The second-order valence-electron chi connectivity index (χ2n) is 29.7. The molecule has 0 saturated carbocycles. The van der Waals surface area contributed by atoms with Crippen molar-refractivity contribution in [2.75, 3.05) is 0 Å². The maximum atomic E-state index is 6.44. The van der Waals surface area contributed by atoms with E-state index in [4.69, 9.17) is 34.7 Å². The minimum absolute atomic E-state index is 0.353. The van der Waals surface area contributed by atoms with Crippen LogP contribution in [0.25, 0.3) is 188 Å². The van der Waals surface area contributed by atoms with E-state index >= 15 is 0 Å². The van der Waals surface area contributed by atoms with Crippen molar-refractivity contribution < 1.29 is 18.1 Å². The van der Waals surface area contributed by atoms with Crippen LogP contribution in [0, 0.1) is 0 Å². The Bertz CT molecular complexity index is 7500. The largest absolute Gasteiger partial charge is 0.494 e. The number of fused-ring (bicyclic) bond motifs is 18. The molecule has 0 radical (unpaired) electrons. The number of halogens is 1. The van der Waals surface area contributed by atoms with Crippen molar-refractivity contribution in [2.45, 2.75) is 38.9 Å². The molecule has 0 amide bonds. The lowest BCUT2D eigenvalue weighted by Gasteiger charge is -2.32. The zero-order valence-electron chi connectivity index (χ0n) is 61.5. The van der Waals surface area contributed by atoms with Gasteiger partial charge in [0.15, 0.2) is 16.3 Å². The maximum absolute atomic E-state index is 6.44. The summed E-state index contributed by atoms with van der Waals surface area (Å²) in [6.45, 7) is 8.40. The first-order chi connectivity index (χ1) is 54.9. The standard InChI is InChI=1S/C46H28N4O.C42H35BN2O2.C10H5ClN2O/c1-2-12-32(13-3-1)49-40-19-8-5-16-35(40)38-26-29(22-24-41(38)49)30-21-23-36-34-15-4-7-18-39(34)50(42(36)27-30)33-14-10-11-31(25-33)44-46-45(48-28-47-44)37-17-6-9-20-43(37)51-46;1-41(2)42(3,4)47-43(46-41)30-13-12-16-32(27-30)45-37-19-10-8-17-33(37)35-23-21-29(26-40(35)45)28-22-24-39-36(25-28)34-18-9-11-20-38(34)44(39)31-14-6-5-7-15-31;11-10-9-8(12-5-13-10)6-3-1-2-4-7(6)14-9/h1-28H;5-27H,1-4H3;1-5H. The summed E-state index contributed by atoms with van der Waals surface area (Å²) in [7, 11) is -0.423. The summed E-state index contributed by atoms with van der Waals surface area (Å²) in [4.78, 5) is 17.3. The Hall–Kier alpha value is -13.7. The highest BCUT2D eigenvalue weighted by Gasteiger charge is 2.52. The van der Waals surface area contributed by atoms with Crippen LogP contribution in [-0.2, 0) is 9.31 Å². The fourth-order valence-electron chi connectivity index (χ4n) is 16.7. The SMILES string of the molecule is CC1(C)OB(c2cccc(-n3c4ccccc4c4ccc(-c5ccc6c(c5)c5ccccc5n6-c5ccccc5)cc43)c2)OC1(C)C.Clc1ncnc2c1oc1ccccc12.c1ccc(-n2c3ccccc3c3cc(-c4ccc5c6ccccc6n(-c6cccc(-c7ncnc8c7oc7ccccc78)c6)c5c4)ccc32)cc1. The molecule has 534 valence electrons. The molecule has 1 saturated heterocycles. The van der Waals surface area contributed by atoms with Crippen molar-refractivity contribution >= 4 is 156 Å². The second-order valence-corrected chi connectivity index (χ2v) is 30.0. The van der Waals surface area contributed by atoms with Gasteiger partial charge >= 0.3 is 7.12 Å². The number of rotatable bonds is 8. The monoisotopic (exact) mass is 1470 g/mol. The molecule has 0 unspecified atom stereocenters. The molecule has 1 fully saturated rings. The van der Waals surface area contributed by atoms with Gasteiger partial charge in [-0.05, 0) is 189 Å². The van der Waals surface area contributed by atoms with Gasteiger partial charge in [-0.2, -0.15) is 0 Å². The van der Waals surface area contributed by atoms with Crippen LogP contribution in [0.4, 0.5) is 0 Å². The molecule has 1 aliphatic heterocycles. The molecule has 0 aliphatic carbocycles. The zero-order chi connectivity index (χ0) is 74.9. The third-order valence-corrected chi connectivity index (χ3v) is 23.0. The summed E-state index contributed by atoms with van der Waals surface area (Å²) in [6, 6.07) is 116. The summed E-state index contributed by atoms with van der Waals surface area (Å²) in [5, 5.41) is 12.2. The van der Waals surface area contributed by atoms with Crippen LogP contribution in [0.3, 0.4) is 0 Å². The van der Waals surface area contributed by atoms with E-state index in [9.17, 15) is 0 Å². The van der Waals surface area contributed by atoms with Crippen molar-refractivity contribution in [3.8, 4) is 56.3 Å². The molecule has 0 spiro atoms. The summed E-state index contributed by atoms with van der Waals surface area (Å²) >= 11 is 5.88. The lowest BCUT2D eigenvalue weighted by Crippen LogP contribution is -2.41. The highest BCUT2D eigenvalue weighted by Crippen LogP contribution is 2.44. The van der Waals surface area contributed by atoms with Crippen LogP contribution in [0.2, 0.25) is 5.15 Å². The summed E-state index contributed by atoms with van der Waals surface area (Å²) < 4.78 is 34.2. The highest BCUT2D eigenvalue weighted by molar-refractivity contribution is 6.62. The molecule has 1 aliphatic rings. The van der Waals surface area contributed by atoms with Crippen LogP contribution in [-0.4, -0.2) is 56.5 Å². The normalized spacial score (nSPS) is 13.5. The molecule has 9 heterocycles. The van der Waals surface area contributed by atoms with E-state index < -0.39 is 18.3 Å². The Kier molecular flexibility index (Phi) is 15.6. The number of nitrogens with zero attached hydrogens (tertiary/aromatic N) is 8. The first-order valence-corrected chi connectivity index (χ1v) is 38.0. The molecule has 0 bridgehead atoms. The fraction of sp³-hybridized carbons (Fsp3) is 0.0612. The Morgan fingerprint density at radius 2 is 0.643 bits per heavy atom. The lowest BCUT2D eigenvalue weighted by molar-refractivity contribution is 0.00578. The van der Waals surface area contributed by atoms with Crippen molar-refractivity contribution in [1.29, 1.82) is 0 Å². The molecule has 14 aromatic carbocycles. The van der Waals surface area contributed by atoms with Gasteiger partial charge in [0, 0.05) is 82.2 Å². The molecular weight excluding hydrogens is 1400 g/mol. The average molecular weight is 1470 g/mol. The van der Waals surface area contributed by atoms with Gasteiger partial charge in [0.25, 0.3) is 0 Å². The van der Waals surface area contributed by atoms with Gasteiger partial charge in [0.2, 0.25) is 0 Å². The molecule has 8 aromatic heterocycles. The minimum Gasteiger partial charge on any atom is -0.452 e. The van der Waals surface area contributed by atoms with Gasteiger partial charge in [0.1, 0.15) is 40.5 Å². The highest BCUT2D eigenvalue weighted by atomic mass is 35.5. The first-order valence-electron chi connectivity index (χ1n) is 37.7. The zero-order valence-corrected chi connectivity index (χ0v) is 62.3. The van der Waals surface area contributed by atoms with E-state index in [2.05, 4.69) is 340 Å². The average Bonchev–Trinajstić information content (AvgIpc) is 1.59. The van der Waals surface area contributed by atoms with Crippen LogP contribution < -0.4 is 5.46 Å². The number of aromatic nitrogens is 8. The minimum atomic E-state index is -0.423. The van der Waals surface area contributed by atoms with Gasteiger partial charge in [-0.15, -0.1) is 0 Å². The second kappa shape index (κ2) is 26.3. The predicted octanol–water partition coefficient (Wildman–Crippen LogP) is 24.8. The van der Waals surface area contributed by atoms with Crippen molar-refractivity contribution in [3.63, 3.8) is 0 Å². The van der Waals surface area contributed by atoms with E-state index in [1.807, 2.05) is 48.5 Å². The maximum Gasteiger partial charge on any atom is 0.494 e. The quantitative estimate of drug-likeness (QED) is 0.109. The van der Waals surface area contributed by atoms with Gasteiger partial charge in [0.05, 0.1) is 55.3 Å². The van der Waals surface area contributed by atoms with E-state index in [-0.39, 0.29) is 0 Å². The van der Waals surface area contributed by atoms with Crippen molar-refractivity contribution in [1.82, 2.24) is 38.2 Å². The number of para-hydroxylation sites is 8. The summed E-state index contributed by atoms with van der Waals surface area (Å²) in [5.74, 6) is 0. The Morgan fingerprint density at radius 3 is 1.15 bits per heavy atom.